The summed E-state index contributed by atoms with van der Waals surface area (Å²) in [6.07, 6.45) is 0. The van der Waals surface area contributed by atoms with Crippen molar-refractivity contribution in [2.45, 2.75) is 6.92 Å². The Bertz CT molecular complexity index is 967. The lowest BCUT2D eigenvalue weighted by Gasteiger charge is -2.08. The van der Waals surface area contributed by atoms with E-state index < -0.39 is 0 Å². The van der Waals surface area contributed by atoms with Crippen LogP contribution in [0.4, 0.5) is 0 Å². The monoisotopic (exact) mass is 287 g/mol. The summed E-state index contributed by atoms with van der Waals surface area (Å²) in [5, 5.41) is 2.53. The summed E-state index contributed by atoms with van der Waals surface area (Å²) in [5.41, 5.74) is 4.83. The van der Waals surface area contributed by atoms with Gasteiger partial charge in [0.1, 0.15) is 5.75 Å². The first-order valence-corrected chi connectivity index (χ1v) is 7.42. The van der Waals surface area contributed by atoms with Gasteiger partial charge in [-0.05, 0) is 43.3 Å². The zero-order chi connectivity index (χ0) is 15.1. The molecule has 0 N–H and O–H groups in total. The molecule has 0 aliphatic carbocycles. The molecule has 0 radical (unpaired) electrons. The Hall–Kier alpha value is -2.74. The van der Waals surface area contributed by atoms with Crippen molar-refractivity contribution in [2.75, 3.05) is 7.11 Å². The number of aromatic nitrogens is 1. The zero-order valence-corrected chi connectivity index (χ0v) is 12.7. The van der Waals surface area contributed by atoms with Crippen LogP contribution < -0.4 is 4.74 Å². The number of ether oxygens (including phenoxy) is 1. The van der Waals surface area contributed by atoms with Crippen molar-refractivity contribution in [1.82, 2.24) is 4.57 Å². The molecule has 0 saturated carbocycles. The van der Waals surface area contributed by atoms with Gasteiger partial charge in [-0.2, -0.15) is 0 Å². The fourth-order valence-electron chi connectivity index (χ4n) is 3.10. The molecule has 0 bridgehead atoms. The van der Waals surface area contributed by atoms with Crippen molar-refractivity contribution >= 4 is 21.8 Å². The van der Waals surface area contributed by atoms with Crippen molar-refractivity contribution in [3.8, 4) is 11.4 Å². The summed E-state index contributed by atoms with van der Waals surface area (Å²) < 4.78 is 7.72. The zero-order valence-electron chi connectivity index (χ0n) is 12.7. The second-order valence-electron chi connectivity index (χ2n) is 5.57. The smallest absolute Gasteiger partial charge is 0.120 e. The second-order valence-corrected chi connectivity index (χ2v) is 5.57. The number of aryl methyl sites for hydroxylation is 1. The molecule has 2 nitrogen and oxygen atoms in total. The van der Waals surface area contributed by atoms with Crippen molar-refractivity contribution in [3.05, 3.63) is 72.3 Å². The summed E-state index contributed by atoms with van der Waals surface area (Å²) in [5.74, 6) is 0.879. The van der Waals surface area contributed by atoms with Crippen molar-refractivity contribution in [1.29, 1.82) is 0 Å². The van der Waals surface area contributed by atoms with Gasteiger partial charge in [-0.25, -0.2) is 0 Å². The van der Waals surface area contributed by atoms with Crippen LogP contribution in [0.15, 0.2) is 66.7 Å². The summed E-state index contributed by atoms with van der Waals surface area (Å²) in [4.78, 5) is 0. The first-order valence-electron chi connectivity index (χ1n) is 7.42. The van der Waals surface area contributed by atoms with Crippen LogP contribution in [0, 0.1) is 6.92 Å². The van der Waals surface area contributed by atoms with Crippen molar-refractivity contribution in [2.24, 2.45) is 0 Å². The molecule has 0 spiro atoms. The van der Waals surface area contributed by atoms with E-state index in [2.05, 4.69) is 66.1 Å². The summed E-state index contributed by atoms with van der Waals surface area (Å²) in [6, 6.07) is 23.4. The Labute approximate surface area is 129 Å². The molecule has 0 aliphatic heterocycles. The van der Waals surface area contributed by atoms with Crippen LogP contribution in [-0.4, -0.2) is 11.7 Å². The van der Waals surface area contributed by atoms with Gasteiger partial charge in [-0.3, -0.25) is 0 Å². The Balaban J connectivity index is 2.19. The van der Waals surface area contributed by atoms with Gasteiger partial charge in [0.25, 0.3) is 0 Å². The molecule has 1 aromatic heterocycles. The molecule has 2 heteroatoms. The van der Waals surface area contributed by atoms with E-state index in [-0.39, 0.29) is 0 Å². The minimum absolute atomic E-state index is 0.879. The molecular formula is C20H17NO. The van der Waals surface area contributed by atoms with Gasteiger partial charge in [-0.15, -0.1) is 0 Å². The topological polar surface area (TPSA) is 14.2 Å². The normalized spacial score (nSPS) is 11.2. The van der Waals surface area contributed by atoms with Gasteiger partial charge in [-0.1, -0.05) is 29.8 Å². The molecule has 0 saturated heterocycles. The molecule has 0 unspecified atom stereocenters. The lowest BCUT2D eigenvalue weighted by molar-refractivity contribution is 0.415. The molecular weight excluding hydrogens is 270 g/mol. The van der Waals surface area contributed by atoms with E-state index >= 15 is 0 Å². The highest BCUT2D eigenvalue weighted by molar-refractivity contribution is 6.09. The summed E-state index contributed by atoms with van der Waals surface area (Å²) in [7, 11) is 1.71. The van der Waals surface area contributed by atoms with Crippen LogP contribution in [0.2, 0.25) is 0 Å². The van der Waals surface area contributed by atoms with Crippen molar-refractivity contribution in [3.63, 3.8) is 0 Å². The van der Waals surface area contributed by atoms with E-state index in [0.29, 0.717) is 0 Å². The molecule has 1 heterocycles. The lowest BCUT2D eigenvalue weighted by atomic mass is 10.1. The largest absolute Gasteiger partial charge is 0.497 e. The third-order valence-electron chi connectivity index (χ3n) is 4.14. The maximum atomic E-state index is 5.42. The Morgan fingerprint density at radius 1 is 0.773 bits per heavy atom. The molecule has 0 amide bonds. The van der Waals surface area contributed by atoms with Crippen LogP contribution in [0.5, 0.6) is 5.75 Å². The number of benzene rings is 3. The van der Waals surface area contributed by atoms with E-state index in [1.807, 2.05) is 12.1 Å². The minimum atomic E-state index is 0.879. The minimum Gasteiger partial charge on any atom is -0.497 e. The third-order valence-corrected chi connectivity index (χ3v) is 4.14. The van der Waals surface area contributed by atoms with Crippen LogP contribution >= 0.6 is 0 Å². The highest BCUT2D eigenvalue weighted by Crippen LogP contribution is 2.34. The van der Waals surface area contributed by atoms with Gasteiger partial charge in [0.05, 0.1) is 18.1 Å². The van der Waals surface area contributed by atoms with E-state index in [0.717, 1.165) is 5.75 Å². The van der Waals surface area contributed by atoms with Gasteiger partial charge in [0, 0.05) is 22.5 Å². The average Bonchev–Trinajstić information content (AvgIpc) is 2.88. The first-order chi connectivity index (χ1) is 10.8. The number of hydrogen-bond acceptors (Lipinski definition) is 1. The molecule has 22 heavy (non-hydrogen) atoms. The Morgan fingerprint density at radius 2 is 1.59 bits per heavy atom. The lowest BCUT2D eigenvalue weighted by Crippen LogP contribution is -1.93. The average molecular weight is 287 g/mol. The van der Waals surface area contributed by atoms with Crippen LogP contribution in [0.3, 0.4) is 0 Å². The summed E-state index contributed by atoms with van der Waals surface area (Å²) >= 11 is 0. The second kappa shape index (κ2) is 4.92. The number of hydrogen-bond donors (Lipinski definition) is 0. The van der Waals surface area contributed by atoms with Gasteiger partial charge in [0.2, 0.25) is 0 Å². The SMILES string of the molecule is COc1ccc2c3cc(C)ccc3n(-c3ccccc3)c2c1. The van der Waals surface area contributed by atoms with E-state index in [4.69, 9.17) is 4.74 Å². The maximum Gasteiger partial charge on any atom is 0.120 e. The summed E-state index contributed by atoms with van der Waals surface area (Å²) in [6.45, 7) is 2.13. The molecule has 3 aromatic carbocycles. The van der Waals surface area contributed by atoms with E-state index in [9.17, 15) is 0 Å². The number of fused-ring (bicyclic) bond motifs is 3. The standard InChI is InChI=1S/C20H17NO/c1-14-8-11-19-18(12-14)17-10-9-16(22-2)13-20(17)21(19)15-6-4-3-5-7-15/h3-13H,1-2H3. The molecule has 0 atom stereocenters. The quantitative estimate of drug-likeness (QED) is 0.500. The predicted octanol–water partition coefficient (Wildman–Crippen LogP) is 5.10. The molecule has 4 rings (SSSR count). The fourth-order valence-corrected chi connectivity index (χ4v) is 3.10. The maximum absolute atomic E-state index is 5.42. The molecule has 4 aromatic rings. The highest BCUT2D eigenvalue weighted by atomic mass is 16.5. The number of methoxy groups -OCH3 is 1. The van der Waals surface area contributed by atoms with Crippen molar-refractivity contribution < 1.29 is 4.74 Å². The van der Waals surface area contributed by atoms with Crippen LogP contribution in [0.25, 0.3) is 27.5 Å². The number of nitrogens with zero attached hydrogens (tertiary/aromatic N) is 1. The van der Waals surface area contributed by atoms with Gasteiger partial charge < -0.3 is 9.30 Å². The van der Waals surface area contributed by atoms with Crippen LogP contribution in [0.1, 0.15) is 5.56 Å². The van der Waals surface area contributed by atoms with Gasteiger partial charge >= 0.3 is 0 Å². The third kappa shape index (κ3) is 1.88. The fraction of sp³-hybridized carbons (Fsp3) is 0.100. The van der Waals surface area contributed by atoms with E-state index in [1.165, 1.54) is 33.1 Å². The first kappa shape index (κ1) is 13.0. The number of rotatable bonds is 2. The van der Waals surface area contributed by atoms with E-state index in [1.54, 1.807) is 7.11 Å². The molecule has 0 aliphatic rings. The number of para-hydroxylation sites is 1. The highest BCUT2D eigenvalue weighted by Gasteiger charge is 2.12. The molecule has 0 fully saturated rings. The Kier molecular flexibility index (Phi) is 2.90. The van der Waals surface area contributed by atoms with Gasteiger partial charge in [0.15, 0.2) is 0 Å². The Morgan fingerprint density at radius 3 is 2.36 bits per heavy atom. The molecule has 108 valence electrons. The predicted molar refractivity (Wildman–Crippen MR) is 92.1 cm³/mol. The van der Waals surface area contributed by atoms with Crippen LogP contribution in [-0.2, 0) is 0 Å².